The molecule has 2 aromatic rings. The van der Waals surface area contributed by atoms with Crippen LogP contribution in [0.25, 0.3) is 11.5 Å². The van der Waals surface area contributed by atoms with Gasteiger partial charge in [0.1, 0.15) is 5.75 Å². The molecule has 108 valence electrons. The van der Waals surface area contributed by atoms with E-state index in [4.69, 9.17) is 9.15 Å². The molecular formula is C15H21N3O2. The Kier molecular flexibility index (Phi) is 5.12. The van der Waals surface area contributed by atoms with Crippen molar-refractivity contribution < 1.29 is 9.15 Å². The number of aromatic nitrogens is 2. The SMILES string of the molecule is CCNC(CC)c1nnc(-c2ccccc2OCC)o1. The number of nitrogens with one attached hydrogen (secondary N) is 1. The van der Waals surface area contributed by atoms with Crippen molar-refractivity contribution in [1.82, 2.24) is 15.5 Å². The quantitative estimate of drug-likeness (QED) is 0.840. The second-order valence-corrected chi connectivity index (χ2v) is 4.39. The predicted molar refractivity (Wildman–Crippen MR) is 77.6 cm³/mol. The topological polar surface area (TPSA) is 60.2 Å². The molecule has 1 heterocycles. The van der Waals surface area contributed by atoms with Gasteiger partial charge in [-0.15, -0.1) is 10.2 Å². The van der Waals surface area contributed by atoms with Gasteiger partial charge in [-0.1, -0.05) is 26.0 Å². The monoisotopic (exact) mass is 275 g/mol. The van der Waals surface area contributed by atoms with Crippen LogP contribution in [0.3, 0.4) is 0 Å². The van der Waals surface area contributed by atoms with E-state index in [0.717, 1.165) is 24.3 Å². The highest BCUT2D eigenvalue weighted by molar-refractivity contribution is 5.62. The third-order valence-electron chi connectivity index (χ3n) is 3.01. The second-order valence-electron chi connectivity index (χ2n) is 4.39. The van der Waals surface area contributed by atoms with Gasteiger partial charge in [-0.3, -0.25) is 0 Å². The fourth-order valence-corrected chi connectivity index (χ4v) is 2.06. The van der Waals surface area contributed by atoms with Crippen LogP contribution in [0.2, 0.25) is 0 Å². The van der Waals surface area contributed by atoms with Gasteiger partial charge in [0.05, 0.1) is 18.2 Å². The number of para-hydroxylation sites is 1. The van der Waals surface area contributed by atoms with Crippen LogP contribution >= 0.6 is 0 Å². The summed E-state index contributed by atoms with van der Waals surface area (Å²) >= 11 is 0. The van der Waals surface area contributed by atoms with E-state index >= 15 is 0 Å². The van der Waals surface area contributed by atoms with Crippen molar-refractivity contribution in [3.05, 3.63) is 30.2 Å². The molecule has 1 aromatic carbocycles. The van der Waals surface area contributed by atoms with Crippen molar-refractivity contribution in [2.75, 3.05) is 13.2 Å². The van der Waals surface area contributed by atoms with Gasteiger partial charge < -0.3 is 14.5 Å². The minimum absolute atomic E-state index is 0.0977. The van der Waals surface area contributed by atoms with Gasteiger partial charge in [-0.25, -0.2) is 0 Å². The zero-order valence-corrected chi connectivity index (χ0v) is 12.2. The van der Waals surface area contributed by atoms with E-state index < -0.39 is 0 Å². The molecule has 2 rings (SSSR count). The lowest BCUT2D eigenvalue weighted by atomic mass is 10.2. The first-order valence-corrected chi connectivity index (χ1v) is 7.09. The van der Waals surface area contributed by atoms with Gasteiger partial charge in [0.15, 0.2) is 0 Å². The molecule has 0 aliphatic rings. The molecule has 0 fully saturated rings. The molecule has 0 amide bonds. The Hall–Kier alpha value is -1.88. The molecule has 0 aliphatic heterocycles. The smallest absolute Gasteiger partial charge is 0.251 e. The fraction of sp³-hybridized carbons (Fsp3) is 0.467. The minimum atomic E-state index is 0.0977. The van der Waals surface area contributed by atoms with Crippen LogP contribution in [0.15, 0.2) is 28.7 Å². The lowest BCUT2D eigenvalue weighted by Gasteiger charge is -2.10. The molecule has 5 nitrogen and oxygen atoms in total. The van der Waals surface area contributed by atoms with Gasteiger partial charge in [0, 0.05) is 0 Å². The lowest BCUT2D eigenvalue weighted by molar-refractivity contribution is 0.339. The molecule has 1 aromatic heterocycles. The molecular weight excluding hydrogens is 254 g/mol. The third-order valence-corrected chi connectivity index (χ3v) is 3.01. The Labute approximate surface area is 119 Å². The van der Waals surface area contributed by atoms with E-state index in [1.165, 1.54) is 0 Å². The van der Waals surface area contributed by atoms with Crippen molar-refractivity contribution >= 4 is 0 Å². The third kappa shape index (κ3) is 3.17. The first-order valence-electron chi connectivity index (χ1n) is 7.09. The average Bonchev–Trinajstić information content (AvgIpc) is 2.95. The molecule has 0 spiro atoms. The first-order chi connectivity index (χ1) is 9.80. The standard InChI is InChI=1S/C15H21N3O2/c1-4-12(16-5-2)15-18-17-14(20-15)11-9-7-8-10-13(11)19-6-3/h7-10,12,16H,4-6H2,1-3H3. The predicted octanol–water partition coefficient (Wildman–Crippen LogP) is 3.20. The molecule has 0 radical (unpaired) electrons. The summed E-state index contributed by atoms with van der Waals surface area (Å²) < 4.78 is 11.4. The number of rotatable bonds is 7. The molecule has 0 saturated heterocycles. The number of hydrogen-bond acceptors (Lipinski definition) is 5. The van der Waals surface area contributed by atoms with Crippen LogP contribution in [0, 0.1) is 0 Å². The molecule has 0 saturated carbocycles. The lowest BCUT2D eigenvalue weighted by Crippen LogP contribution is -2.20. The van der Waals surface area contributed by atoms with Crippen LogP contribution in [0.1, 0.15) is 39.1 Å². The van der Waals surface area contributed by atoms with E-state index in [-0.39, 0.29) is 6.04 Å². The molecule has 0 aliphatic carbocycles. The van der Waals surface area contributed by atoms with Gasteiger partial charge in [0.25, 0.3) is 5.89 Å². The maximum absolute atomic E-state index is 5.80. The number of benzene rings is 1. The molecule has 5 heteroatoms. The van der Waals surface area contributed by atoms with E-state index in [1.807, 2.05) is 31.2 Å². The van der Waals surface area contributed by atoms with E-state index in [1.54, 1.807) is 0 Å². The van der Waals surface area contributed by atoms with Crippen molar-refractivity contribution in [2.45, 2.75) is 33.2 Å². The van der Waals surface area contributed by atoms with Crippen LogP contribution in [-0.4, -0.2) is 23.3 Å². The van der Waals surface area contributed by atoms with Gasteiger partial charge in [-0.05, 0) is 32.0 Å². The second kappa shape index (κ2) is 7.05. The zero-order valence-electron chi connectivity index (χ0n) is 12.2. The zero-order chi connectivity index (χ0) is 14.4. The largest absolute Gasteiger partial charge is 0.493 e. The molecule has 20 heavy (non-hydrogen) atoms. The highest BCUT2D eigenvalue weighted by Gasteiger charge is 2.18. The van der Waals surface area contributed by atoms with Gasteiger partial charge >= 0.3 is 0 Å². The van der Waals surface area contributed by atoms with Crippen LogP contribution < -0.4 is 10.1 Å². The van der Waals surface area contributed by atoms with Gasteiger partial charge in [0.2, 0.25) is 5.89 Å². The summed E-state index contributed by atoms with van der Waals surface area (Å²) in [6.07, 6.45) is 0.905. The van der Waals surface area contributed by atoms with Crippen LogP contribution in [-0.2, 0) is 0 Å². The Morgan fingerprint density at radius 3 is 2.70 bits per heavy atom. The van der Waals surface area contributed by atoms with Crippen molar-refractivity contribution in [3.8, 4) is 17.2 Å². The summed E-state index contributed by atoms with van der Waals surface area (Å²) in [4.78, 5) is 0. The Bertz CT molecular complexity index is 539. The fourth-order valence-electron chi connectivity index (χ4n) is 2.06. The summed E-state index contributed by atoms with van der Waals surface area (Å²) in [5, 5.41) is 11.6. The van der Waals surface area contributed by atoms with Gasteiger partial charge in [-0.2, -0.15) is 0 Å². The molecule has 1 unspecified atom stereocenters. The van der Waals surface area contributed by atoms with Crippen molar-refractivity contribution in [2.24, 2.45) is 0 Å². The maximum Gasteiger partial charge on any atom is 0.251 e. The summed E-state index contributed by atoms with van der Waals surface area (Å²) in [5.41, 5.74) is 0.833. The number of ether oxygens (including phenoxy) is 1. The first kappa shape index (κ1) is 14.5. The maximum atomic E-state index is 5.80. The summed E-state index contributed by atoms with van der Waals surface area (Å²) in [6.45, 7) is 7.57. The minimum Gasteiger partial charge on any atom is -0.493 e. The Morgan fingerprint density at radius 2 is 2.00 bits per heavy atom. The molecule has 1 atom stereocenters. The number of nitrogens with zero attached hydrogens (tertiary/aromatic N) is 2. The highest BCUT2D eigenvalue weighted by atomic mass is 16.5. The Morgan fingerprint density at radius 1 is 1.20 bits per heavy atom. The highest BCUT2D eigenvalue weighted by Crippen LogP contribution is 2.30. The van der Waals surface area contributed by atoms with Crippen LogP contribution in [0.4, 0.5) is 0 Å². The number of hydrogen-bond donors (Lipinski definition) is 1. The van der Waals surface area contributed by atoms with Crippen LogP contribution in [0.5, 0.6) is 5.75 Å². The molecule has 1 N–H and O–H groups in total. The average molecular weight is 275 g/mol. The summed E-state index contributed by atoms with van der Waals surface area (Å²) in [5.74, 6) is 1.89. The van der Waals surface area contributed by atoms with E-state index in [9.17, 15) is 0 Å². The van der Waals surface area contributed by atoms with Crippen molar-refractivity contribution in [1.29, 1.82) is 0 Å². The van der Waals surface area contributed by atoms with E-state index in [0.29, 0.717) is 18.4 Å². The Balaban J connectivity index is 2.28. The van der Waals surface area contributed by atoms with Crippen molar-refractivity contribution in [3.63, 3.8) is 0 Å². The summed E-state index contributed by atoms with van der Waals surface area (Å²) in [6, 6.07) is 7.80. The normalized spacial score (nSPS) is 12.3. The summed E-state index contributed by atoms with van der Waals surface area (Å²) in [7, 11) is 0. The molecule has 0 bridgehead atoms. The van der Waals surface area contributed by atoms with E-state index in [2.05, 4.69) is 29.4 Å².